The van der Waals surface area contributed by atoms with Gasteiger partial charge in [-0.1, -0.05) is 30.3 Å². The molecule has 0 saturated heterocycles. The van der Waals surface area contributed by atoms with Crippen molar-refractivity contribution in [2.24, 2.45) is 0 Å². The van der Waals surface area contributed by atoms with E-state index >= 15 is 0 Å². The molecular formula is C21H26N3O4+. The van der Waals surface area contributed by atoms with E-state index in [0.717, 1.165) is 16.2 Å². The number of quaternary nitrogens is 1. The van der Waals surface area contributed by atoms with Gasteiger partial charge in [-0.15, -0.1) is 0 Å². The van der Waals surface area contributed by atoms with E-state index in [0.29, 0.717) is 18.7 Å². The molecule has 0 heterocycles. The molecule has 148 valence electrons. The van der Waals surface area contributed by atoms with E-state index in [1.165, 1.54) is 0 Å². The number of hydrogen-bond acceptors (Lipinski definition) is 4. The summed E-state index contributed by atoms with van der Waals surface area (Å²) in [5.74, 6) is -0.555. The van der Waals surface area contributed by atoms with Gasteiger partial charge < -0.3 is 15.0 Å². The maximum absolute atomic E-state index is 12.3. The van der Waals surface area contributed by atoms with Gasteiger partial charge in [0.25, 0.3) is 11.8 Å². The second-order valence-electron chi connectivity index (χ2n) is 6.24. The van der Waals surface area contributed by atoms with Crippen LogP contribution >= 0.6 is 0 Å². The van der Waals surface area contributed by atoms with Gasteiger partial charge in [0.1, 0.15) is 6.54 Å². The summed E-state index contributed by atoms with van der Waals surface area (Å²) in [7, 11) is 0. The van der Waals surface area contributed by atoms with Gasteiger partial charge in [0.15, 0.2) is 6.54 Å². The van der Waals surface area contributed by atoms with Gasteiger partial charge in [-0.25, -0.2) is 4.79 Å². The molecule has 28 heavy (non-hydrogen) atoms. The standard InChI is InChI=1S/C21H25N3O4/c1-3-24(15-19(25)23-21(27)28-4-2)14-16-10-12-17(13-11-16)20(26)22-18-8-6-5-7-9-18/h5-13H,3-4,14-15H2,1-2H3,(H,22,26)(H,23,25,27)/p+1. The summed E-state index contributed by atoms with van der Waals surface area (Å²) in [6, 6.07) is 16.5. The second kappa shape index (κ2) is 10.8. The molecule has 7 nitrogen and oxygen atoms in total. The van der Waals surface area contributed by atoms with Crippen molar-refractivity contribution in [2.45, 2.75) is 20.4 Å². The average molecular weight is 384 g/mol. The van der Waals surface area contributed by atoms with Gasteiger partial charge in [-0.3, -0.25) is 14.9 Å². The third kappa shape index (κ3) is 6.85. The Hall–Kier alpha value is -3.19. The van der Waals surface area contributed by atoms with E-state index in [1.807, 2.05) is 49.4 Å². The first kappa shape index (κ1) is 21.1. The smallest absolute Gasteiger partial charge is 0.414 e. The van der Waals surface area contributed by atoms with Gasteiger partial charge in [-0.2, -0.15) is 0 Å². The Kier molecular flexibility index (Phi) is 8.17. The Labute approximate surface area is 164 Å². The highest BCUT2D eigenvalue weighted by molar-refractivity contribution is 6.04. The number of ether oxygens (including phenoxy) is 1. The van der Waals surface area contributed by atoms with E-state index in [4.69, 9.17) is 4.74 Å². The minimum atomic E-state index is -0.725. The Morgan fingerprint density at radius 1 is 0.964 bits per heavy atom. The van der Waals surface area contributed by atoms with Crippen LogP contribution in [0.1, 0.15) is 29.8 Å². The highest BCUT2D eigenvalue weighted by atomic mass is 16.5. The van der Waals surface area contributed by atoms with Crippen LogP contribution in [-0.2, 0) is 16.1 Å². The van der Waals surface area contributed by atoms with Crippen molar-refractivity contribution in [1.29, 1.82) is 0 Å². The molecule has 0 radical (unpaired) electrons. The molecule has 2 aromatic carbocycles. The molecule has 3 N–H and O–H groups in total. The van der Waals surface area contributed by atoms with Crippen LogP contribution in [0, 0.1) is 0 Å². The minimum absolute atomic E-state index is 0.158. The van der Waals surface area contributed by atoms with Crippen LogP contribution in [0.3, 0.4) is 0 Å². The quantitative estimate of drug-likeness (QED) is 0.645. The fourth-order valence-electron chi connectivity index (χ4n) is 2.65. The van der Waals surface area contributed by atoms with Crippen LogP contribution in [0.5, 0.6) is 0 Å². The maximum Gasteiger partial charge on any atom is 0.414 e. The van der Waals surface area contributed by atoms with Crippen molar-refractivity contribution in [2.75, 3.05) is 25.0 Å². The van der Waals surface area contributed by atoms with Crippen LogP contribution in [0.25, 0.3) is 0 Å². The Morgan fingerprint density at radius 2 is 1.64 bits per heavy atom. The summed E-state index contributed by atoms with van der Waals surface area (Å²) in [5.41, 5.74) is 2.30. The van der Waals surface area contributed by atoms with Crippen molar-refractivity contribution >= 4 is 23.6 Å². The fraction of sp³-hybridized carbons (Fsp3) is 0.286. The van der Waals surface area contributed by atoms with E-state index in [1.54, 1.807) is 19.1 Å². The highest BCUT2D eigenvalue weighted by Gasteiger charge is 2.16. The van der Waals surface area contributed by atoms with Crippen molar-refractivity contribution in [1.82, 2.24) is 5.32 Å². The average Bonchev–Trinajstić information content (AvgIpc) is 2.68. The third-order valence-electron chi connectivity index (χ3n) is 4.13. The number of alkyl carbamates (subject to hydrolysis) is 1. The van der Waals surface area contributed by atoms with Gasteiger partial charge in [0, 0.05) is 16.8 Å². The molecule has 0 saturated carbocycles. The number of para-hydroxylation sites is 1. The van der Waals surface area contributed by atoms with Crippen LogP contribution in [-0.4, -0.2) is 37.6 Å². The van der Waals surface area contributed by atoms with Crippen molar-refractivity contribution < 1.29 is 24.0 Å². The van der Waals surface area contributed by atoms with Crippen LogP contribution in [0.4, 0.5) is 10.5 Å². The normalized spacial score (nSPS) is 11.4. The molecule has 1 unspecified atom stereocenters. The van der Waals surface area contributed by atoms with E-state index in [2.05, 4.69) is 10.6 Å². The zero-order valence-electron chi connectivity index (χ0n) is 16.2. The summed E-state index contributed by atoms with van der Waals surface area (Å²) < 4.78 is 4.71. The van der Waals surface area contributed by atoms with Gasteiger partial charge >= 0.3 is 6.09 Å². The maximum atomic E-state index is 12.3. The van der Waals surface area contributed by atoms with Crippen LogP contribution in [0.2, 0.25) is 0 Å². The Balaban J connectivity index is 1.90. The number of carbonyl (C=O) groups is 3. The molecule has 0 bridgehead atoms. The molecule has 3 amide bonds. The first-order chi connectivity index (χ1) is 13.5. The lowest BCUT2D eigenvalue weighted by Crippen LogP contribution is -3.11. The van der Waals surface area contributed by atoms with Gasteiger partial charge in [-0.05, 0) is 38.1 Å². The molecule has 7 heteroatoms. The first-order valence-electron chi connectivity index (χ1n) is 9.27. The summed E-state index contributed by atoms with van der Waals surface area (Å²) in [6.45, 7) is 5.34. The zero-order valence-corrected chi connectivity index (χ0v) is 16.2. The third-order valence-corrected chi connectivity index (χ3v) is 4.13. The van der Waals surface area contributed by atoms with Crippen molar-refractivity contribution in [3.8, 4) is 0 Å². The van der Waals surface area contributed by atoms with Gasteiger partial charge in [0.2, 0.25) is 0 Å². The van der Waals surface area contributed by atoms with Crippen LogP contribution in [0.15, 0.2) is 54.6 Å². The summed E-state index contributed by atoms with van der Waals surface area (Å²) >= 11 is 0. The fourth-order valence-corrected chi connectivity index (χ4v) is 2.65. The minimum Gasteiger partial charge on any atom is -0.450 e. The number of likely N-dealkylation sites (N-methyl/N-ethyl adjacent to an activating group) is 1. The Bertz CT molecular complexity index is 791. The molecule has 0 spiro atoms. The molecule has 1 atom stereocenters. The number of nitrogens with one attached hydrogen (secondary N) is 3. The number of benzene rings is 2. The molecule has 0 fully saturated rings. The lowest BCUT2D eigenvalue weighted by Gasteiger charge is -2.17. The first-order valence-corrected chi connectivity index (χ1v) is 9.27. The molecule has 0 aliphatic heterocycles. The lowest BCUT2D eigenvalue weighted by molar-refractivity contribution is -0.904. The SMILES string of the molecule is CCOC(=O)NC(=O)C[NH+](CC)Cc1ccc(C(=O)Nc2ccccc2)cc1. The number of imide groups is 1. The molecule has 2 rings (SSSR count). The number of amides is 3. The van der Waals surface area contributed by atoms with E-state index in [9.17, 15) is 14.4 Å². The molecular weight excluding hydrogens is 358 g/mol. The number of rotatable bonds is 8. The largest absolute Gasteiger partial charge is 0.450 e. The molecule has 2 aromatic rings. The number of hydrogen-bond donors (Lipinski definition) is 3. The molecule has 0 aromatic heterocycles. The number of anilines is 1. The molecule has 0 aliphatic rings. The van der Waals surface area contributed by atoms with Crippen molar-refractivity contribution in [3.63, 3.8) is 0 Å². The summed E-state index contributed by atoms with van der Waals surface area (Å²) in [5, 5.41) is 5.05. The summed E-state index contributed by atoms with van der Waals surface area (Å²) in [6.07, 6.45) is -0.725. The predicted molar refractivity (Wildman–Crippen MR) is 106 cm³/mol. The lowest BCUT2D eigenvalue weighted by atomic mass is 10.1. The predicted octanol–water partition coefficient (Wildman–Crippen LogP) is 1.62. The summed E-state index contributed by atoms with van der Waals surface area (Å²) in [4.78, 5) is 36.5. The van der Waals surface area contributed by atoms with Crippen LogP contribution < -0.4 is 15.5 Å². The van der Waals surface area contributed by atoms with E-state index < -0.39 is 6.09 Å². The number of carbonyl (C=O) groups excluding carboxylic acids is 3. The van der Waals surface area contributed by atoms with Gasteiger partial charge in [0.05, 0.1) is 13.2 Å². The molecule has 0 aliphatic carbocycles. The van der Waals surface area contributed by atoms with E-state index in [-0.39, 0.29) is 25.0 Å². The highest BCUT2D eigenvalue weighted by Crippen LogP contribution is 2.09. The zero-order chi connectivity index (χ0) is 20.4. The van der Waals surface area contributed by atoms with Crippen molar-refractivity contribution in [3.05, 3.63) is 65.7 Å². The monoisotopic (exact) mass is 384 g/mol. The Morgan fingerprint density at radius 3 is 2.25 bits per heavy atom. The second-order valence-corrected chi connectivity index (χ2v) is 6.24. The topological polar surface area (TPSA) is 88.9 Å².